The summed E-state index contributed by atoms with van der Waals surface area (Å²) in [5.41, 5.74) is 0.420. The number of carbonyl (C=O) groups excluding carboxylic acids is 1. The molecular formula is C14H10ClFO4S. The van der Waals surface area contributed by atoms with Gasteiger partial charge in [-0.05, 0) is 49.4 Å². The summed E-state index contributed by atoms with van der Waals surface area (Å²) in [6, 6.07) is 8.49. The monoisotopic (exact) mass is 328 g/mol. The molecule has 0 aliphatic carbocycles. The zero-order chi connectivity index (χ0) is 15.6. The van der Waals surface area contributed by atoms with E-state index in [-0.39, 0.29) is 16.6 Å². The molecule has 0 radical (unpaired) electrons. The van der Waals surface area contributed by atoms with Gasteiger partial charge in [0.05, 0.1) is 5.02 Å². The smallest absolute Gasteiger partial charge is 0.340 e. The maximum Gasteiger partial charge on any atom is 0.340 e. The number of benzene rings is 2. The van der Waals surface area contributed by atoms with E-state index in [9.17, 15) is 17.6 Å². The van der Waals surface area contributed by atoms with E-state index in [4.69, 9.17) is 15.8 Å². The lowest BCUT2D eigenvalue weighted by Crippen LogP contribution is -2.10. The normalized spacial score (nSPS) is 11.2. The number of halogens is 2. The number of hydrogen-bond acceptors (Lipinski definition) is 4. The Hall–Kier alpha value is -1.92. The summed E-state index contributed by atoms with van der Waals surface area (Å²) in [6.07, 6.45) is 0. The molecule has 0 fully saturated rings. The molecule has 0 bridgehead atoms. The Morgan fingerprint density at radius 3 is 2.33 bits per heavy atom. The third-order valence-electron chi connectivity index (χ3n) is 2.63. The topological polar surface area (TPSA) is 60.4 Å². The van der Waals surface area contributed by atoms with Gasteiger partial charge < -0.3 is 4.18 Å². The van der Waals surface area contributed by atoms with Crippen molar-refractivity contribution in [1.29, 1.82) is 0 Å². The largest absolute Gasteiger partial charge is 0.379 e. The van der Waals surface area contributed by atoms with Crippen LogP contribution in [0.3, 0.4) is 0 Å². The highest BCUT2D eigenvalue weighted by Gasteiger charge is 2.21. The average molecular weight is 329 g/mol. The maximum absolute atomic E-state index is 13.1. The molecular weight excluding hydrogens is 319 g/mol. The fourth-order valence-electron chi connectivity index (χ4n) is 1.59. The molecule has 4 nitrogen and oxygen atoms in total. The van der Waals surface area contributed by atoms with Gasteiger partial charge in [-0.3, -0.25) is 4.79 Å². The molecule has 0 N–H and O–H groups in total. The van der Waals surface area contributed by atoms with E-state index in [1.165, 1.54) is 31.2 Å². The molecule has 0 spiro atoms. The summed E-state index contributed by atoms with van der Waals surface area (Å²) in [5.74, 6) is -0.897. The second-order valence-corrected chi connectivity index (χ2v) is 6.11. The fourth-order valence-corrected chi connectivity index (χ4v) is 3.00. The Bertz CT molecular complexity index is 785. The molecule has 0 aromatic heterocycles. The molecule has 0 saturated heterocycles. The Kier molecular flexibility index (Phi) is 4.29. The van der Waals surface area contributed by atoms with E-state index >= 15 is 0 Å². The van der Waals surface area contributed by atoms with E-state index in [2.05, 4.69) is 0 Å². The first kappa shape index (κ1) is 15.5. The first-order valence-corrected chi connectivity index (χ1v) is 7.59. The minimum absolute atomic E-state index is 0.000304. The molecule has 0 saturated carbocycles. The summed E-state index contributed by atoms with van der Waals surface area (Å²) >= 11 is 5.74. The van der Waals surface area contributed by atoms with Gasteiger partial charge in [0.2, 0.25) is 0 Å². The average Bonchev–Trinajstić information content (AvgIpc) is 2.41. The molecule has 7 heteroatoms. The molecule has 2 aromatic carbocycles. The second-order valence-electron chi connectivity index (χ2n) is 4.19. The highest BCUT2D eigenvalue weighted by molar-refractivity contribution is 7.87. The van der Waals surface area contributed by atoms with Gasteiger partial charge in [-0.2, -0.15) is 8.42 Å². The van der Waals surface area contributed by atoms with Crippen LogP contribution in [0.4, 0.5) is 4.39 Å². The zero-order valence-corrected chi connectivity index (χ0v) is 12.4. The second kappa shape index (κ2) is 5.83. The molecule has 2 rings (SSSR count). The Balaban J connectivity index is 2.33. The van der Waals surface area contributed by atoms with Gasteiger partial charge in [-0.15, -0.1) is 0 Å². The van der Waals surface area contributed by atoms with Gasteiger partial charge in [0.15, 0.2) is 5.78 Å². The van der Waals surface area contributed by atoms with E-state index in [1.807, 2.05) is 0 Å². The van der Waals surface area contributed by atoms with Crippen LogP contribution in [0.5, 0.6) is 5.75 Å². The Morgan fingerprint density at radius 2 is 1.76 bits per heavy atom. The third kappa shape index (κ3) is 3.59. The van der Waals surface area contributed by atoms with Crippen LogP contribution in [0.1, 0.15) is 17.3 Å². The van der Waals surface area contributed by atoms with Crippen LogP contribution in [-0.2, 0) is 10.1 Å². The lowest BCUT2D eigenvalue weighted by Gasteiger charge is -2.08. The van der Waals surface area contributed by atoms with Crippen LogP contribution in [-0.4, -0.2) is 14.2 Å². The lowest BCUT2D eigenvalue weighted by atomic mass is 10.1. The number of Topliss-reactive ketones (excluding diaryl/α,β-unsaturated/α-hetero) is 1. The van der Waals surface area contributed by atoms with Crippen LogP contribution < -0.4 is 4.18 Å². The molecule has 110 valence electrons. The molecule has 0 amide bonds. The first-order chi connectivity index (χ1) is 9.79. The van der Waals surface area contributed by atoms with E-state index in [0.29, 0.717) is 5.56 Å². The van der Waals surface area contributed by atoms with Gasteiger partial charge in [-0.1, -0.05) is 11.6 Å². The standard InChI is InChI=1S/C14H10ClFO4S/c1-9(17)10-2-5-12(6-3-10)20-21(18,19)14-8-11(16)4-7-13(14)15/h2-8H,1H3. The highest BCUT2D eigenvalue weighted by atomic mass is 35.5. The van der Waals surface area contributed by atoms with E-state index in [1.54, 1.807) is 0 Å². The van der Waals surface area contributed by atoms with Crippen LogP contribution in [0, 0.1) is 5.82 Å². The maximum atomic E-state index is 13.1. The minimum Gasteiger partial charge on any atom is -0.379 e. The summed E-state index contributed by atoms with van der Waals surface area (Å²) in [6.45, 7) is 1.39. The van der Waals surface area contributed by atoms with Crippen molar-refractivity contribution in [2.45, 2.75) is 11.8 Å². The van der Waals surface area contributed by atoms with Crippen molar-refractivity contribution in [1.82, 2.24) is 0 Å². The van der Waals surface area contributed by atoms with Crippen molar-refractivity contribution in [2.75, 3.05) is 0 Å². The van der Waals surface area contributed by atoms with Gasteiger partial charge >= 0.3 is 10.1 Å². The summed E-state index contributed by atoms with van der Waals surface area (Å²) in [4.78, 5) is 10.7. The van der Waals surface area contributed by atoms with E-state index < -0.39 is 20.8 Å². The van der Waals surface area contributed by atoms with Crippen LogP contribution in [0.25, 0.3) is 0 Å². The molecule has 21 heavy (non-hydrogen) atoms. The number of hydrogen-bond donors (Lipinski definition) is 0. The fraction of sp³-hybridized carbons (Fsp3) is 0.0714. The molecule has 0 unspecified atom stereocenters. The van der Waals surface area contributed by atoms with Crippen molar-refractivity contribution in [3.63, 3.8) is 0 Å². The third-order valence-corrected chi connectivity index (χ3v) is 4.36. The van der Waals surface area contributed by atoms with Crippen LogP contribution >= 0.6 is 11.6 Å². The van der Waals surface area contributed by atoms with Crippen molar-refractivity contribution in [3.8, 4) is 5.75 Å². The van der Waals surface area contributed by atoms with Gasteiger partial charge in [0.25, 0.3) is 0 Å². The van der Waals surface area contributed by atoms with Gasteiger partial charge in [-0.25, -0.2) is 4.39 Å². The van der Waals surface area contributed by atoms with E-state index in [0.717, 1.165) is 18.2 Å². The lowest BCUT2D eigenvalue weighted by molar-refractivity contribution is 0.101. The van der Waals surface area contributed by atoms with Crippen LogP contribution in [0.15, 0.2) is 47.4 Å². The minimum atomic E-state index is -4.26. The number of rotatable bonds is 4. The summed E-state index contributed by atoms with van der Waals surface area (Å²) in [7, 11) is -4.26. The molecule has 0 atom stereocenters. The molecule has 0 heterocycles. The predicted molar refractivity (Wildman–Crippen MR) is 75.7 cm³/mol. The van der Waals surface area contributed by atoms with Crippen molar-refractivity contribution in [2.24, 2.45) is 0 Å². The summed E-state index contributed by atoms with van der Waals surface area (Å²) < 4.78 is 42.1. The quantitative estimate of drug-likeness (QED) is 0.637. The number of carbonyl (C=O) groups is 1. The molecule has 0 aliphatic heterocycles. The number of ketones is 1. The van der Waals surface area contributed by atoms with Gasteiger partial charge in [0.1, 0.15) is 16.5 Å². The molecule has 0 aliphatic rings. The predicted octanol–water partition coefficient (Wildman–Crippen LogP) is 3.45. The highest BCUT2D eigenvalue weighted by Crippen LogP contribution is 2.26. The van der Waals surface area contributed by atoms with Crippen molar-refractivity contribution < 1.29 is 21.8 Å². The molecule has 2 aromatic rings. The van der Waals surface area contributed by atoms with Gasteiger partial charge in [0, 0.05) is 5.56 Å². The zero-order valence-electron chi connectivity index (χ0n) is 10.8. The SMILES string of the molecule is CC(=O)c1ccc(OS(=O)(=O)c2cc(F)ccc2Cl)cc1. The van der Waals surface area contributed by atoms with Crippen LogP contribution in [0.2, 0.25) is 5.02 Å². The van der Waals surface area contributed by atoms with Crippen molar-refractivity contribution in [3.05, 3.63) is 58.9 Å². The first-order valence-electron chi connectivity index (χ1n) is 5.80. The van der Waals surface area contributed by atoms with Crippen molar-refractivity contribution >= 4 is 27.5 Å². The Labute approximate surface area is 126 Å². The summed E-state index contributed by atoms with van der Waals surface area (Å²) in [5, 5.41) is -0.142. The Morgan fingerprint density at radius 1 is 1.14 bits per heavy atom.